The van der Waals surface area contributed by atoms with Gasteiger partial charge in [-0.15, -0.1) is 0 Å². The normalized spacial score (nSPS) is 16.0. The van der Waals surface area contributed by atoms with Gasteiger partial charge in [-0.1, -0.05) is 0 Å². The molecule has 24 heavy (non-hydrogen) atoms. The molecular weight excluding hydrogens is 322 g/mol. The maximum absolute atomic E-state index is 12.0. The molecule has 0 aliphatic heterocycles. The molecule has 6 nitrogen and oxygen atoms in total. The van der Waals surface area contributed by atoms with Crippen LogP contribution < -0.4 is 10.1 Å². The molecule has 0 aromatic heterocycles. The van der Waals surface area contributed by atoms with Gasteiger partial charge in [0.05, 0.1) is 11.6 Å². The summed E-state index contributed by atoms with van der Waals surface area (Å²) in [5.41, 5.74) is -0.868. The molecule has 0 bridgehead atoms. The molecule has 1 atom stereocenters. The highest BCUT2D eigenvalue weighted by Crippen LogP contribution is 2.39. The minimum atomic E-state index is -2.95. The predicted octanol–water partition coefficient (Wildman–Crippen LogP) is 2.25. The van der Waals surface area contributed by atoms with Crippen LogP contribution in [0.1, 0.15) is 30.1 Å². The standard InChI is InChI=1S/C16H16F2N2O4/c1-16(9-19,11-4-5-11)20-13(21)8-23-14(22)10-2-6-12(7-3-10)24-15(17)18/h2-3,6-7,11,15H,4-5,8H2,1H3,(H,20,21)/t16-/m1/s1. The molecule has 2 rings (SSSR count). The van der Waals surface area contributed by atoms with Crippen molar-refractivity contribution >= 4 is 11.9 Å². The molecule has 0 spiro atoms. The first-order valence-corrected chi connectivity index (χ1v) is 7.28. The van der Waals surface area contributed by atoms with E-state index in [0.717, 1.165) is 12.8 Å². The predicted molar refractivity (Wildman–Crippen MR) is 78.2 cm³/mol. The van der Waals surface area contributed by atoms with E-state index in [1.165, 1.54) is 24.3 Å². The lowest BCUT2D eigenvalue weighted by Gasteiger charge is -2.22. The van der Waals surface area contributed by atoms with E-state index in [2.05, 4.69) is 16.1 Å². The second kappa shape index (κ2) is 7.25. The first-order chi connectivity index (χ1) is 11.3. The van der Waals surface area contributed by atoms with Crippen LogP contribution in [0.25, 0.3) is 0 Å². The number of hydrogen-bond donors (Lipinski definition) is 1. The number of benzene rings is 1. The number of halogens is 2. The van der Waals surface area contributed by atoms with Gasteiger partial charge in [0, 0.05) is 0 Å². The molecule has 0 radical (unpaired) electrons. The molecule has 0 saturated heterocycles. The molecular formula is C16H16F2N2O4. The Bertz CT molecular complexity index is 653. The van der Waals surface area contributed by atoms with Gasteiger partial charge in [0.1, 0.15) is 11.3 Å². The van der Waals surface area contributed by atoms with Crippen LogP contribution in [0, 0.1) is 17.2 Å². The molecule has 0 heterocycles. The summed E-state index contributed by atoms with van der Waals surface area (Å²) in [6, 6.07) is 6.96. The average molecular weight is 338 g/mol. The Morgan fingerprint density at radius 2 is 2.00 bits per heavy atom. The van der Waals surface area contributed by atoms with E-state index in [4.69, 9.17) is 10.00 Å². The molecule has 1 aromatic rings. The molecule has 1 N–H and O–H groups in total. The Morgan fingerprint density at radius 3 is 2.50 bits per heavy atom. The van der Waals surface area contributed by atoms with Crippen molar-refractivity contribution in [2.24, 2.45) is 5.92 Å². The van der Waals surface area contributed by atoms with Crippen molar-refractivity contribution in [3.05, 3.63) is 29.8 Å². The van der Waals surface area contributed by atoms with Crippen LogP contribution in [-0.4, -0.2) is 30.6 Å². The SMILES string of the molecule is C[C@](C#N)(NC(=O)COC(=O)c1ccc(OC(F)F)cc1)C1CC1. The van der Waals surface area contributed by atoms with Crippen LogP contribution in [-0.2, 0) is 9.53 Å². The third-order valence-electron chi connectivity index (χ3n) is 3.67. The fraction of sp³-hybridized carbons (Fsp3) is 0.438. The van der Waals surface area contributed by atoms with Crippen molar-refractivity contribution in [3.8, 4) is 11.8 Å². The van der Waals surface area contributed by atoms with Crippen molar-refractivity contribution in [2.75, 3.05) is 6.61 Å². The lowest BCUT2D eigenvalue weighted by atomic mass is 9.98. The quantitative estimate of drug-likeness (QED) is 0.770. The van der Waals surface area contributed by atoms with Crippen LogP contribution in [0.5, 0.6) is 5.75 Å². The highest BCUT2D eigenvalue weighted by molar-refractivity contribution is 5.91. The van der Waals surface area contributed by atoms with Gasteiger partial charge < -0.3 is 14.8 Å². The van der Waals surface area contributed by atoms with Crippen LogP contribution in [0.2, 0.25) is 0 Å². The van der Waals surface area contributed by atoms with Gasteiger partial charge in [-0.2, -0.15) is 14.0 Å². The minimum Gasteiger partial charge on any atom is -0.452 e. The van der Waals surface area contributed by atoms with Gasteiger partial charge in [0.15, 0.2) is 6.61 Å². The van der Waals surface area contributed by atoms with E-state index in [-0.39, 0.29) is 17.2 Å². The summed E-state index contributed by atoms with van der Waals surface area (Å²) in [7, 11) is 0. The van der Waals surface area contributed by atoms with Gasteiger partial charge in [-0.3, -0.25) is 4.79 Å². The Labute approximate surface area is 137 Å². The monoisotopic (exact) mass is 338 g/mol. The zero-order valence-electron chi connectivity index (χ0n) is 12.9. The number of hydrogen-bond acceptors (Lipinski definition) is 5. The summed E-state index contributed by atoms with van der Waals surface area (Å²) in [6.45, 7) is -1.85. The number of nitrogens with zero attached hydrogens (tertiary/aromatic N) is 1. The first kappa shape index (κ1) is 17.7. The smallest absolute Gasteiger partial charge is 0.387 e. The molecule has 1 fully saturated rings. The molecule has 1 aliphatic carbocycles. The van der Waals surface area contributed by atoms with E-state index >= 15 is 0 Å². The van der Waals surface area contributed by atoms with Crippen molar-refractivity contribution < 1.29 is 27.8 Å². The third-order valence-corrected chi connectivity index (χ3v) is 3.67. The molecule has 1 amide bonds. The second-order valence-corrected chi connectivity index (χ2v) is 5.62. The van der Waals surface area contributed by atoms with E-state index < -0.39 is 30.6 Å². The van der Waals surface area contributed by atoms with Gasteiger partial charge in [-0.05, 0) is 49.9 Å². The number of amides is 1. The van der Waals surface area contributed by atoms with E-state index in [1.807, 2.05) is 0 Å². The zero-order valence-corrected chi connectivity index (χ0v) is 12.9. The second-order valence-electron chi connectivity index (χ2n) is 5.62. The van der Waals surface area contributed by atoms with Crippen LogP contribution in [0.4, 0.5) is 8.78 Å². The highest BCUT2D eigenvalue weighted by Gasteiger charge is 2.43. The van der Waals surface area contributed by atoms with E-state index in [9.17, 15) is 18.4 Å². The summed E-state index contributed by atoms with van der Waals surface area (Å²) < 4.78 is 33.1. The summed E-state index contributed by atoms with van der Waals surface area (Å²) in [5, 5.41) is 11.7. The summed E-state index contributed by atoms with van der Waals surface area (Å²) >= 11 is 0. The maximum atomic E-state index is 12.0. The third kappa shape index (κ3) is 4.65. The van der Waals surface area contributed by atoms with Crippen LogP contribution in [0.15, 0.2) is 24.3 Å². The topological polar surface area (TPSA) is 88.4 Å². The lowest BCUT2D eigenvalue weighted by molar-refractivity contribution is -0.125. The molecule has 1 aromatic carbocycles. The number of nitrogens with one attached hydrogen (secondary N) is 1. The number of carbonyl (C=O) groups is 2. The Hall–Kier alpha value is -2.69. The summed E-state index contributed by atoms with van der Waals surface area (Å²) in [4.78, 5) is 23.6. The largest absolute Gasteiger partial charge is 0.452 e. The fourth-order valence-electron chi connectivity index (χ4n) is 2.19. The Balaban J connectivity index is 1.84. The Morgan fingerprint density at radius 1 is 1.38 bits per heavy atom. The van der Waals surface area contributed by atoms with Crippen molar-refractivity contribution in [2.45, 2.75) is 31.9 Å². The van der Waals surface area contributed by atoms with Crippen molar-refractivity contribution in [3.63, 3.8) is 0 Å². The van der Waals surface area contributed by atoms with E-state index in [1.54, 1.807) is 6.92 Å². The zero-order chi connectivity index (χ0) is 17.7. The Kier molecular flexibility index (Phi) is 5.34. The van der Waals surface area contributed by atoms with Gasteiger partial charge in [-0.25, -0.2) is 4.79 Å². The van der Waals surface area contributed by atoms with Crippen molar-refractivity contribution in [1.82, 2.24) is 5.32 Å². The number of rotatable bonds is 7. The summed E-state index contributed by atoms with van der Waals surface area (Å²) in [5.74, 6) is -1.33. The van der Waals surface area contributed by atoms with Crippen LogP contribution in [0.3, 0.4) is 0 Å². The molecule has 8 heteroatoms. The number of alkyl halides is 2. The average Bonchev–Trinajstić information content (AvgIpc) is 3.38. The van der Waals surface area contributed by atoms with Gasteiger partial charge >= 0.3 is 12.6 Å². The molecule has 128 valence electrons. The lowest BCUT2D eigenvalue weighted by Crippen LogP contribution is -2.48. The minimum absolute atomic E-state index is 0.0893. The number of esters is 1. The summed E-state index contributed by atoms with van der Waals surface area (Å²) in [6.07, 6.45) is 1.74. The maximum Gasteiger partial charge on any atom is 0.387 e. The highest BCUT2D eigenvalue weighted by atomic mass is 19.3. The number of carbonyl (C=O) groups excluding carboxylic acids is 2. The number of nitriles is 1. The van der Waals surface area contributed by atoms with Crippen LogP contribution >= 0.6 is 0 Å². The fourth-order valence-corrected chi connectivity index (χ4v) is 2.19. The first-order valence-electron chi connectivity index (χ1n) is 7.28. The molecule has 1 aliphatic rings. The van der Waals surface area contributed by atoms with Gasteiger partial charge in [0.25, 0.3) is 5.91 Å². The molecule has 0 unspecified atom stereocenters. The van der Waals surface area contributed by atoms with Crippen molar-refractivity contribution in [1.29, 1.82) is 5.26 Å². The van der Waals surface area contributed by atoms with Gasteiger partial charge in [0.2, 0.25) is 0 Å². The number of ether oxygens (including phenoxy) is 2. The molecule has 1 saturated carbocycles. The van der Waals surface area contributed by atoms with E-state index in [0.29, 0.717) is 0 Å².